The molecule has 0 bridgehead atoms. The molecule has 0 saturated heterocycles. The quantitative estimate of drug-likeness (QED) is 0.472. The summed E-state index contributed by atoms with van der Waals surface area (Å²) in [4.78, 5) is 0. The van der Waals surface area contributed by atoms with Crippen LogP contribution in [0.4, 0.5) is 0 Å². The molecule has 0 nitrogen and oxygen atoms in total. The Bertz CT molecular complexity index is 83.4. The summed E-state index contributed by atoms with van der Waals surface area (Å²) in [5.41, 5.74) is 0.542. The van der Waals surface area contributed by atoms with Crippen LogP contribution in [-0.4, -0.2) is 0 Å². The van der Waals surface area contributed by atoms with Crippen LogP contribution in [0.1, 0.15) is 89.0 Å². The fourth-order valence-electron chi connectivity index (χ4n) is 0. The molecule has 0 spiro atoms. The monoisotopic (exact) mass is 286 g/mol. The van der Waals surface area contributed by atoms with E-state index in [0.717, 1.165) is 5.92 Å². The van der Waals surface area contributed by atoms with Crippen LogP contribution in [0, 0.1) is 11.3 Å². The van der Waals surface area contributed by atoms with Crippen molar-refractivity contribution in [3.8, 4) is 0 Å². The Labute approximate surface area is 120 Å². The molecule has 0 aromatic rings. The molecule has 0 aromatic carbocycles. The van der Waals surface area contributed by atoms with Crippen LogP contribution >= 0.6 is 19.8 Å². The fraction of sp³-hybridized carbons (Fsp3) is 1.00. The van der Waals surface area contributed by atoms with Gasteiger partial charge >= 0.3 is 0 Å². The number of hydrogen-bond acceptors (Lipinski definition) is 0. The predicted octanol–water partition coefficient (Wildman–Crippen LogP) is 6.66. The normalized spacial score (nSPS) is 8.12. The minimum atomic E-state index is 0. The molecule has 0 rings (SSSR count). The van der Waals surface area contributed by atoms with Crippen molar-refractivity contribution >= 4 is 19.8 Å². The summed E-state index contributed by atoms with van der Waals surface area (Å²) in [5, 5.41) is 0. The van der Waals surface area contributed by atoms with Crippen LogP contribution in [0.3, 0.4) is 0 Å². The van der Waals surface area contributed by atoms with Crippen LogP contribution in [0.15, 0.2) is 0 Å². The molecular formula is C15H44P2. The SMILES string of the molecule is C.CCC.CCC(C)(C)C.CCC(C)C.P.P. The van der Waals surface area contributed by atoms with E-state index in [0.29, 0.717) is 5.41 Å². The van der Waals surface area contributed by atoms with Gasteiger partial charge in [0.1, 0.15) is 0 Å². The van der Waals surface area contributed by atoms with E-state index >= 15 is 0 Å². The molecule has 0 aliphatic heterocycles. The highest BCUT2D eigenvalue weighted by Gasteiger charge is 2.03. The molecular weight excluding hydrogens is 242 g/mol. The molecule has 17 heavy (non-hydrogen) atoms. The van der Waals surface area contributed by atoms with Gasteiger partial charge in [0.25, 0.3) is 0 Å². The van der Waals surface area contributed by atoms with E-state index in [1.807, 2.05) is 0 Å². The van der Waals surface area contributed by atoms with Gasteiger partial charge in [-0.3, -0.25) is 0 Å². The average molecular weight is 286 g/mol. The zero-order chi connectivity index (χ0) is 12.2. The third-order valence-electron chi connectivity index (χ3n) is 1.88. The lowest BCUT2D eigenvalue weighted by Gasteiger charge is -2.12. The zero-order valence-corrected chi connectivity index (χ0v) is 16.4. The van der Waals surface area contributed by atoms with E-state index in [9.17, 15) is 0 Å². The van der Waals surface area contributed by atoms with Crippen LogP contribution in [0.5, 0.6) is 0 Å². The van der Waals surface area contributed by atoms with Crippen molar-refractivity contribution in [2.75, 3.05) is 0 Å². The topological polar surface area (TPSA) is 0 Å². The maximum Gasteiger partial charge on any atom is -0.0385 e. The summed E-state index contributed by atoms with van der Waals surface area (Å²) < 4.78 is 0. The van der Waals surface area contributed by atoms with Crippen LogP contribution < -0.4 is 0 Å². The first-order valence-electron chi connectivity index (χ1n) is 6.24. The minimum Gasteiger partial charge on any atom is -0.153 e. The molecule has 0 fully saturated rings. The predicted molar refractivity (Wildman–Crippen MR) is 99.8 cm³/mol. The van der Waals surface area contributed by atoms with E-state index in [4.69, 9.17) is 0 Å². The van der Waals surface area contributed by atoms with Gasteiger partial charge < -0.3 is 0 Å². The van der Waals surface area contributed by atoms with Crippen molar-refractivity contribution in [1.29, 1.82) is 0 Å². The molecule has 0 saturated carbocycles. The Morgan fingerprint density at radius 2 is 0.941 bits per heavy atom. The van der Waals surface area contributed by atoms with Crippen molar-refractivity contribution in [2.24, 2.45) is 11.3 Å². The summed E-state index contributed by atoms with van der Waals surface area (Å²) in [5.74, 6) is 0.884. The van der Waals surface area contributed by atoms with Gasteiger partial charge in [-0.2, -0.15) is 19.8 Å². The summed E-state index contributed by atoms with van der Waals surface area (Å²) in [6, 6.07) is 0. The number of rotatable bonds is 1. The van der Waals surface area contributed by atoms with Crippen molar-refractivity contribution in [1.82, 2.24) is 0 Å². The average Bonchev–Trinajstić information content (AvgIpc) is 2.06. The summed E-state index contributed by atoms with van der Waals surface area (Å²) in [6.07, 6.45) is 3.83. The van der Waals surface area contributed by atoms with E-state index in [2.05, 4.69) is 62.3 Å². The maximum atomic E-state index is 2.24. The van der Waals surface area contributed by atoms with E-state index in [1.54, 1.807) is 0 Å². The van der Waals surface area contributed by atoms with E-state index < -0.39 is 0 Å². The highest BCUT2D eigenvalue weighted by Crippen LogP contribution is 2.16. The third-order valence-corrected chi connectivity index (χ3v) is 1.88. The van der Waals surface area contributed by atoms with Gasteiger partial charge in [-0.15, -0.1) is 0 Å². The summed E-state index contributed by atoms with van der Waals surface area (Å²) >= 11 is 0. The lowest BCUT2D eigenvalue weighted by molar-refractivity contribution is 0.398. The van der Waals surface area contributed by atoms with E-state index in [-0.39, 0.29) is 27.2 Å². The van der Waals surface area contributed by atoms with Gasteiger partial charge in [-0.1, -0.05) is 89.0 Å². The Kier molecular flexibility index (Phi) is 54.4. The Balaban J connectivity index is -0.0000000256. The largest absolute Gasteiger partial charge is 0.153 e. The van der Waals surface area contributed by atoms with Gasteiger partial charge in [0.2, 0.25) is 0 Å². The molecule has 0 radical (unpaired) electrons. The van der Waals surface area contributed by atoms with Crippen molar-refractivity contribution < 1.29 is 0 Å². The lowest BCUT2D eigenvalue weighted by Crippen LogP contribution is -2.00. The lowest BCUT2D eigenvalue weighted by atomic mass is 9.94. The smallest absolute Gasteiger partial charge is 0.0385 e. The second-order valence-corrected chi connectivity index (χ2v) is 5.42. The van der Waals surface area contributed by atoms with Crippen molar-refractivity contribution in [3.63, 3.8) is 0 Å². The van der Waals surface area contributed by atoms with Crippen LogP contribution in [-0.2, 0) is 0 Å². The fourth-order valence-corrected chi connectivity index (χ4v) is 0. The molecule has 114 valence electrons. The van der Waals surface area contributed by atoms with Crippen LogP contribution in [0.25, 0.3) is 0 Å². The molecule has 0 N–H and O–H groups in total. The first-order valence-corrected chi connectivity index (χ1v) is 6.24. The van der Waals surface area contributed by atoms with Gasteiger partial charge in [-0.05, 0) is 11.3 Å². The second-order valence-electron chi connectivity index (χ2n) is 5.42. The highest BCUT2D eigenvalue weighted by atomic mass is 31.0. The Morgan fingerprint density at radius 3 is 0.941 bits per heavy atom. The standard InChI is InChI=1S/C6H14.C5H12.C3H8.CH4.2H3P/c1-5-6(2,3)4;1-4-5(2)3;1-3-2;;;/h5H2,1-4H3;5H,4H2,1-3H3;3H2,1-2H3;1H4;2*1H3. The first kappa shape index (κ1) is 36.1. The molecule has 0 heterocycles. The van der Waals surface area contributed by atoms with Gasteiger partial charge in [0.15, 0.2) is 0 Å². The Morgan fingerprint density at radius 1 is 0.824 bits per heavy atom. The third kappa shape index (κ3) is 108. The molecule has 0 aliphatic rings. The minimum absolute atomic E-state index is 0. The van der Waals surface area contributed by atoms with E-state index in [1.165, 1.54) is 19.3 Å². The highest BCUT2D eigenvalue weighted by molar-refractivity contribution is 6.92. The maximum absolute atomic E-state index is 2.24. The molecule has 2 unspecified atom stereocenters. The second kappa shape index (κ2) is 25.6. The number of hydrogen-bond donors (Lipinski definition) is 0. The van der Waals surface area contributed by atoms with Crippen molar-refractivity contribution in [2.45, 2.75) is 89.0 Å². The zero-order valence-electron chi connectivity index (χ0n) is 13.6. The molecule has 2 heteroatoms. The molecule has 0 aliphatic carbocycles. The molecule has 2 atom stereocenters. The first-order chi connectivity index (χ1) is 6.24. The van der Waals surface area contributed by atoms with Crippen molar-refractivity contribution in [3.05, 3.63) is 0 Å². The summed E-state index contributed by atoms with van der Waals surface area (Å²) in [7, 11) is 0. The Hall–Kier alpha value is 0.860. The van der Waals surface area contributed by atoms with Gasteiger partial charge in [0.05, 0.1) is 0 Å². The van der Waals surface area contributed by atoms with Gasteiger partial charge in [0, 0.05) is 0 Å². The van der Waals surface area contributed by atoms with Gasteiger partial charge in [-0.25, -0.2) is 0 Å². The molecule has 0 amide bonds. The summed E-state index contributed by atoms with van der Waals surface area (Å²) in [6.45, 7) is 19.8. The molecule has 0 aromatic heterocycles. The van der Waals surface area contributed by atoms with Crippen LogP contribution in [0.2, 0.25) is 0 Å².